The lowest BCUT2D eigenvalue weighted by molar-refractivity contribution is -0.179. The van der Waals surface area contributed by atoms with Crippen molar-refractivity contribution in [3.63, 3.8) is 0 Å². The Morgan fingerprint density at radius 2 is 1.15 bits per heavy atom. The number of nitrogens with two attached hydrogens (primary N) is 1. The fourth-order valence-corrected chi connectivity index (χ4v) is 5.32. The fraction of sp³-hybridized carbons (Fsp3) is 0.310. The Balaban J connectivity index is 0.000000460. The van der Waals surface area contributed by atoms with Gasteiger partial charge in [-0.15, -0.1) is 0 Å². The minimum absolute atomic E-state index is 0. The molecule has 0 saturated carbocycles. The first-order valence-corrected chi connectivity index (χ1v) is 17.9. The number of carbonyl (C=O) groups excluding carboxylic acids is 2. The number of nitrogens with zero attached hydrogens (tertiary/aromatic N) is 5. The van der Waals surface area contributed by atoms with Crippen molar-refractivity contribution >= 4 is 34.4 Å². The molecule has 0 saturated heterocycles. The van der Waals surface area contributed by atoms with Crippen molar-refractivity contribution in [3.8, 4) is 11.3 Å². The smallest absolute Gasteiger partial charge is 0.383 e. The summed E-state index contributed by atoms with van der Waals surface area (Å²) >= 11 is 0. The fourth-order valence-electron chi connectivity index (χ4n) is 5.32. The lowest BCUT2D eigenvalue weighted by Crippen LogP contribution is -2.30. The van der Waals surface area contributed by atoms with Crippen LogP contribution in [0.1, 0.15) is 51.8 Å². The first kappa shape index (κ1) is 56.7. The maximum Gasteiger partial charge on any atom is 0.417 e. The molecule has 5 rings (SSSR count). The summed E-state index contributed by atoms with van der Waals surface area (Å²) in [4.78, 5) is 37.6. The highest BCUT2D eigenvalue weighted by atomic mass is 19.4. The zero-order chi connectivity index (χ0) is 48.9. The number of pyridine rings is 1. The second-order valence-electron chi connectivity index (χ2n) is 13.2. The number of fused-ring (bicyclic) bond motifs is 1. The third-order valence-electron chi connectivity index (χ3n) is 7.97. The molecule has 0 aliphatic heterocycles. The molecule has 356 valence electrons. The number of allylic oxidation sites excluding steroid dienone is 1. The van der Waals surface area contributed by atoms with Crippen molar-refractivity contribution < 1.29 is 71.7 Å². The summed E-state index contributed by atoms with van der Waals surface area (Å²) in [5, 5.41) is 3.25. The largest absolute Gasteiger partial charge is 0.417 e. The molecule has 65 heavy (non-hydrogen) atoms. The molecular weight excluding hydrogens is 894 g/mol. The molecule has 23 heteroatoms. The maximum atomic E-state index is 14.1. The third-order valence-corrected chi connectivity index (χ3v) is 7.97. The molecule has 3 N–H and O–H groups in total. The van der Waals surface area contributed by atoms with Gasteiger partial charge in [0.1, 0.15) is 23.3 Å². The van der Waals surface area contributed by atoms with Gasteiger partial charge in [-0.05, 0) is 69.6 Å². The van der Waals surface area contributed by atoms with Crippen LogP contribution in [-0.4, -0.2) is 92.2 Å². The van der Waals surface area contributed by atoms with E-state index in [4.69, 9.17) is 15.2 Å². The van der Waals surface area contributed by atoms with E-state index in [1.165, 1.54) is 23.2 Å². The van der Waals surface area contributed by atoms with Gasteiger partial charge >= 0.3 is 18.5 Å². The number of hydrogen-bond donors (Lipinski definition) is 2. The molecule has 0 spiro atoms. The number of ketones is 2. The van der Waals surface area contributed by atoms with Gasteiger partial charge in [-0.3, -0.25) is 14.5 Å². The number of rotatable bonds is 9. The Kier molecular flexibility index (Phi) is 21.0. The molecule has 5 aromatic rings. The van der Waals surface area contributed by atoms with Gasteiger partial charge in [-0.2, -0.15) is 49.5 Å². The minimum Gasteiger partial charge on any atom is -0.383 e. The normalized spacial score (nSPS) is 11.5. The average Bonchev–Trinajstić information content (AvgIpc) is 3.19. The molecule has 2 aromatic heterocycles. The summed E-state index contributed by atoms with van der Waals surface area (Å²) in [6.07, 6.45) is -12.2. The van der Waals surface area contributed by atoms with Crippen LogP contribution in [0.4, 0.5) is 64.5 Å². The highest BCUT2D eigenvalue weighted by molar-refractivity contribution is 6.06. The molecule has 0 aliphatic rings. The number of alkyl halides is 9. The number of nitrogen functional groups attached to an aromatic ring is 1. The van der Waals surface area contributed by atoms with Crippen molar-refractivity contribution in [2.45, 2.75) is 39.3 Å². The van der Waals surface area contributed by atoms with Gasteiger partial charge in [0.05, 0.1) is 38.9 Å². The van der Waals surface area contributed by atoms with E-state index in [9.17, 15) is 62.3 Å². The number of benzene rings is 3. The van der Waals surface area contributed by atoms with Crippen molar-refractivity contribution in [2.24, 2.45) is 0 Å². The van der Waals surface area contributed by atoms with E-state index < -0.39 is 80.9 Å². The zero-order valence-electron chi connectivity index (χ0n) is 35.1. The Hall–Kier alpha value is -6.33. The van der Waals surface area contributed by atoms with Crippen LogP contribution >= 0.6 is 0 Å². The molecular formula is C42H45F12N7O4. The molecule has 0 bridgehead atoms. The topological polar surface area (TPSA) is 136 Å². The van der Waals surface area contributed by atoms with Crippen LogP contribution in [0.5, 0.6) is 0 Å². The Morgan fingerprint density at radius 3 is 1.55 bits per heavy atom. The van der Waals surface area contributed by atoms with Gasteiger partial charge in [0.2, 0.25) is 12.4 Å². The quantitative estimate of drug-likeness (QED) is 0.0633. The number of Topliss-reactive ketones (excluding diaryl/α,β-unsaturated/α-hetero) is 1. The summed E-state index contributed by atoms with van der Waals surface area (Å²) in [5.74, 6) is -5.02. The van der Waals surface area contributed by atoms with Crippen molar-refractivity contribution in [1.29, 1.82) is 0 Å². The third kappa shape index (κ3) is 16.0. The Labute approximate surface area is 365 Å². The first-order chi connectivity index (χ1) is 29.6. The summed E-state index contributed by atoms with van der Waals surface area (Å²) in [5.41, 5.74) is -0.648. The molecule has 2 heterocycles. The van der Waals surface area contributed by atoms with Gasteiger partial charge < -0.3 is 25.4 Å². The van der Waals surface area contributed by atoms with E-state index in [1.807, 2.05) is 19.0 Å². The second-order valence-corrected chi connectivity index (χ2v) is 13.2. The highest BCUT2D eigenvalue weighted by Crippen LogP contribution is 2.39. The predicted molar refractivity (Wildman–Crippen MR) is 220 cm³/mol. The van der Waals surface area contributed by atoms with Crippen LogP contribution in [0, 0.1) is 17.5 Å². The SMILES string of the molecule is C.CC(=O)c1c(F)cccc1C(F)(F)F.CN(C)/C=C/C(=O)c1c(F)cccc1C(F)(F)F.CNc1nc(N)nc2nc(-c3c(F)cccc3C(F)(F)F)ccc12.COC(OC)N(C)C. The first-order valence-electron chi connectivity index (χ1n) is 17.9. The molecule has 3 aromatic carbocycles. The van der Waals surface area contributed by atoms with Gasteiger partial charge in [0.15, 0.2) is 17.2 Å². The number of methoxy groups -OCH3 is 2. The van der Waals surface area contributed by atoms with Crippen LogP contribution in [-0.2, 0) is 28.0 Å². The highest BCUT2D eigenvalue weighted by Gasteiger charge is 2.38. The van der Waals surface area contributed by atoms with Crippen LogP contribution < -0.4 is 11.1 Å². The molecule has 0 radical (unpaired) electrons. The number of nitrogens with one attached hydrogen (secondary N) is 1. The van der Waals surface area contributed by atoms with E-state index in [0.717, 1.165) is 55.5 Å². The van der Waals surface area contributed by atoms with E-state index >= 15 is 0 Å². The molecule has 0 fully saturated rings. The van der Waals surface area contributed by atoms with Crippen molar-refractivity contribution in [1.82, 2.24) is 24.8 Å². The van der Waals surface area contributed by atoms with Gasteiger partial charge in [0.25, 0.3) is 0 Å². The molecule has 0 amide bonds. The van der Waals surface area contributed by atoms with Gasteiger partial charge in [-0.1, -0.05) is 25.6 Å². The molecule has 11 nitrogen and oxygen atoms in total. The number of halogens is 12. The number of anilines is 2. The van der Waals surface area contributed by atoms with Crippen LogP contribution in [0.25, 0.3) is 22.3 Å². The van der Waals surface area contributed by atoms with Crippen LogP contribution in [0.3, 0.4) is 0 Å². The van der Waals surface area contributed by atoms with E-state index in [2.05, 4.69) is 20.3 Å². The predicted octanol–water partition coefficient (Wildman–Crippen LogP) is 10.4. The summed E-state index contributed by atoms with van der Waals surface area (Å²) in [7, 11) is 11.8. The minimum atomic E-state index is -4.76. The van der Waals surface area contributed by atoms with E-state index in [0.29, 0.717) is 23.3 Å². The average molecular weight is 940 g/mol. The Bertz CT molecular complexity index is 2400. The van der Waals surface area contributed by atoms with Gasteiger partial charge in [-0.25, -0.2) is 18.2 Å². The molecule has 0 atom stereocenters. The summed E-state index contributed by atoms with van der Waals surface area (Å²) in [6, 6.07) is 10.4. The number of ether oxygens (including phenoxy) is 2. The van der Waals surface area contributed by atoms with Crippen molar-refractivity contribution in [2.75, 3.05) is 60.5 Å². The Morgan fingerprint density at radius 1 is 0.692 bits per heavy atom. The van der Waals surface area contributed by atoms with Crippen LogP contribution in [0.15, 0.2) is 79.0 Å². The lowest BCUT2D eigenvalue weighted by Gasteiger charge is -2.19. The van der Waals surface area contributed by atoms with Gasteiger partial charge in [0, 0.05) is 53.2 Å². The molecule has 0 aliphatic carbocycles. The van der Waals surface area contributed by atoms with E-state index in [1.54, 1.807) is 35.4 Å². The second kappa shape index (κ2) is 24.1. The number of hydrogen-bond acceptors (Lipinski definition) is 11. The standard InChI is InChI=1S/C15H11F4N5.C12H11F4NO.C9H6F4O.C5H13NO2.CH4/c1-21-12-7-5-6-10(22-13(7)24-14(20)23-12)11-8(15(17,18)19)3-2-4-9(11)16;1-17(2)7-6-10(18)11-8(12(14,15)16)4-3-5-9(11)13;1-5(14)8-6(9(11,12)13)3-2-4-7(8)10;1-6(2)5(7-3)8-4;/h2-6H,1H3,(H3,20,21,22,23,24);3-7H,1-2H3;2-4H,1H3;5H,1-4H3;1H4/b;7-6+;;;. The summed E-state index contributed by atoms with van der Waals surface area (Å²) < 4.78 is 164. The van der Waals surface area contributed by atoms with Crippen LogP contribution in [0.2, 0.25) is 0 Å². The van der Waals surface area contributed by atoms with E-state index in [-0.39, 0.29) is 31.1 Å². The number of carbonyl (C=O) groups is 2. The van der Waals surface area contributed by atoms with Crippen molar-refractivity contribution in [3.05, 3.63) is 124 Å². The lowest BCUT2D eigenvalue weighted by atomic mass is 10.0. The zero-order valence-corrected chi connectivity index (χ0v) is 35.1. The number of aromatic nitrogens is 3. The molecule has 0 unspecified atom stereocenters. The maximum absolute atomic E-state index is 14.1. The summed E-state index contributed by atoms with van der Waals surface area (Å²) in [6.45, 7) is 0.896. The monoisotopic (exact) mass is 939 g/mol.